The summed E-state index contributed by atoms with van der Waals surface area (Å²) >= 11 is 0. The predicted octanol–water partition coefficient (Wildman–Crippen LogP) is 3.04. The highest BCUT2D eigenvalue weighted by molar-refractivity contribution is 6.09. The van der Waals surface area contributed by atoms with Crippen LogP contribution in [-0.4, -0.2) is 42.0 Å². The van der Waals surface area contributed by atoms with E-state index in [2.05, 4.69) is 26.6 Å². The van der Waals surface area contributed by atoms with Crippen molar-refractivity contribution in [3.63, 3.8) is 0 Å². The predicted molar refractivity (Wildman–Crippen MR) is 143 cm³/mol. The summed E-state index contributed by atoms with van der Waals surface area (Å²) in [5.41, 5.74) is 6.88. The van der Waals surface area contributed by atoms with Crippen LogP contribution < -0.4 is 21.5 Å². The van der Waals surface area contributed by atoms with Crippen molar-refractivity contribution < 1.29 is 24.0 Å². The van der Waals surface area contributed by atoms with Gasteiger partial charge in [-0.05, 0) is 43.2 Å². The quantitative estimate of drug-likeness (QED) is 0.243. The van der Waals surface area contributed by atoms with Crippen molar-refractivity contribution in [1.29, 1.82) is 0 Å². The summed E-state index contributed by atoms with van der Waals surface area (Å²) in [4.78, 5) is 55.2. The van der Waals surface area contributed by atoms with Crippen molar-refractivity contribution >= 4 is 35.0 Å². The normalized spacial score (nSPS) is 11.6. The number of para-hydroxylation sites is 1. The van der Waals surface area contributed by atoms with Crippen molar-refractivity contribution in [3.8, 4) is 0 Å². The Morgan fingerprint density at radius 1 is 0.789 bits per heavy atom. The zero-order chi connectivity index (χ0) is 27.3. The van der Waals surface area contributed by atoms with Crippen LogP contribution in [0.2, 0.25) is 0 Å². The molecule has 0 bridgehead atoms. The maximum Gasteiger partial charge on any atom is 0.279 e. The number of benzene rings is 3. The van der Waals surface area contributed by atoms with Crippen molar-refractivity contribution in [3.05, 3.63) is 102 Å². The number of amides is 4. The van der Waals surface area contributed by atoms with Crippen molar-refractivity contribution in [2.75, 3.05) is 11.9 Å². The summed E-state index contributed by atoms with van der Waals surface area (Å²) < 4.78 is 0. The molecule has 0 aliphatic carbocycles. The maximum atomic E-state index is 13.0. The number of carbonyl (C=O) groups is 4. The number of hydrogen-bond donors (Lipinski definition) is 4. The van der Waals surface area contributed by atoms with E-state index in [0.29, 0.717) is 17.0 Å². The minimum Gasteiger partial charge on any atom is -0.385 e. The molecule has 4 amide bonds. The van der Waals surface area contributed by atoms with E-state index in [1.165, 1.54) is 6.07 Å². The Bertz CT molecular complexity index is 1300. The SMILES string of the molecule is CCC(NC(=O)c1ccccc1NC(=O)c1ccccc1)C(=O)NNC(=O)CO/N=C(/C)c1ccccc1. The van der Waals surface area contributed by atoms with Crippen LogP contribution >= 0.6 is 0 Å². The molecule has 196 valence electrons. The van der Waals surface area contributed by atoms with E-state index >= 15 is 0 Å². The molecule has 0 aromatic heterocycles. The lowest BCUT2D eigenvalue weighted by Crippen LogP contribution is -2.52. The maximum absolute atomic E-state index is 13.0. The van der Waals surface area contributed by atoms with E-state index in [4.69, 9.17) is 4.84 Å². The van der Waals surface area contributed by atoms with Gasteiger partial charge in [0.25, 0.3) is 23.6 Å². The molecule has 0 spiro atoms. The number of oxime groups is 1. The fraction of sp³-hybridized carbons (Fsp3) is 0.179. The smallest absolute Gasteiger partial charge is 0.279 e. The first kappa shape index (κ1) is 27.6. The van der Waals surface area contributed by atoms with Gasteiger partial charge in [-0.2, -0.15) is 0 Å². The summed E-state index contributed by atoms with van der Waals surface area (Å²) in [5.74, 6) is -2.18. The third kappa shape index (κ3) is 8.02. The van der Waals surface area contributed by atoms with Crippen LogP contribution in [0.25, 0.3) is 0 Å². The molecule has 1 unspecified atom stereocenters. The highest BCUT2D eigenvalue weighted by Crippen LogP contribution is 2.17. The molecule has 0 aliphatic heterocycles. The second-order valence-corrected chi connectivity index (χ2v) is 8.15. The third-order valence-electron chi connectivity index (χ3n) is 5.40. The molecule has 10 heteroatoms. The van der Waals surface area contributed by atoms with E-state index < -0.39 is 30.4 Å². The van der Waals surface area contributed by atoms with Gasteiger partial charge in [0.15, 0.2) is 6.61 Å². The molecule has 10 nitrogen and oxygen atoms in total. The fourth-order valence-electron chi connectivity index (χ4n) is 3.34. The molecule has 1 atom stereocenters. The second kappa shape index (κ2) is 13.9. The van der Waals surface area contributed by atoms with Gasteiger partial charge in [-0.15, -0.1) is 0 Å². The zero-order valence-electron chi connectivity index (χ0n) is 21.1. The molecule has 0 saturated carbocycles. The van der Waals surface area contributed by atoms with Crippen LogP contribution in [0.3, 0.4) is 0 Å². The van der Waals surface area contributed by atoms with Gasteiger partial charge in [0, 0.05) is 5.56 Å². The minimum atomic E-state index is -0.944. The number of hydrazine groups is 1. The Morgan fingerprint density at radius 2 is 1.39 bits per heavy atom. The first-order chi connectivity index (χ1) is 18.4. The number of carbonyl (C=O) groups excluding carboxylic acids is 4. The summed E-state index contributed by atoms with van der Waals surface area (Å²) in [6, 6.07) is 23.4. The lowest BCUT2D eigenvalue weighted by molar-refractivity contribution is -0.132. The summed E-state index contributed by atoms with van der Waals surface area (Å²) in [6.45, 7) is 3.04. The summed E-state index contributed by atoms with van der Waals surface area (Å²) in [7, 11) is 0. The monoisotopic (exact) mass is 515 g/mol. The van der Waals surface area contributed by atoms with Gasteiger partial charge in [-0.25, -0.2) is 0 Å². The summed E-state index contributed by atoms with van der Waals surface area (Å²) in [5, 5.41) is 9.24. The molecule has 0 saturated heterocycles. The molecule has 3 rings (SSSR count). The number of hydrogen-bond acceptors (Lipinski definition) is 6. The fourth-order valence-corrected chi connectivity index (χ4v) is 3.34. The standard InChI is InChI=1S/C28H29N5O5/c1-3-23(28(37)32-31-25(34)18-38-33-19(2)20-12-6-4-7-13-20)29-27(36)22-16-10-11-17-24(22)30-26(35)21-14-8-5-9-15-21/h4-17,23H,3,18H2,1-2H3,(H,29,36)(H,30,35)(H,31,34)(H,32,37)/b33-19-. The Kier molecular flexibility index (Phi) is 10.1. The molecule has 4 N–H and O–H groups in total. The molecule has 0 aliphatic rings. The highest BCUT2D eigenvalue weighted by atomic mass is 16.6. The van der Waals surface area contributed by atoms with E-state index in [1.807, 2.05) is 30.3 Å². The van der Waals surface area contributed by atoms with Gasteiger partial charge in [-0.3, -0.25) is 30.0 Å². The third-order valence-corrected chi connectivity index (χ3v) is 5.40. The van der Waals surface area contributed by atoms with Crippen molar-refractivity contribution in [2.45, 2.75) is 26.3 Å². The Balaban J connectivity index is 1.52. The van der Waals surface area contributed by atoms with Gasteiger partial charge in [-0.1, -0.05) is 72.7 Å². The number of nitrogens with one attached hydrogen (secondary N) is 4. The first-order valence-corrected chi connectivity index (χ1v) is 12.0. The Morgan fingerprint density at radius 3 is 2.05 bits per heavy atom. The molecule has 3 aromatic carbocycles. The van der Waals surface area contributed by atoms with Gasteiger partial charge in [0.05, 0.1) is 17.0 Å². The van der Waals surface area contributed by atoms with Gasteiger partial charge in [0.1, 0.15) is 6.04 Å². The van der Waals surface area contributed by atoms with E-state index in [9.17, 15) is 19.2 Å². The number of anilines is 1. The zero-order valence-corrected chi connectivity index (χ0v) is 21.1. The Hall–Kier alpha value is -4.99. The molecular weight excluding hydrogens is 486 g/mol. The van der Waals surface area contributed by atoms with Gasteiger partial charge >= 0.3 is 0 Å². The van der Waals surface area contributed by atoms with E-state index in [0.717, 1.165) is 5.56 Å². The molecule has 0 heterocycles. The van der Waals surface area contributed by atoms with Gasteiger partial charge < -0.3 is 15.5 Å². The van der Waals surface area contributed by atoms with E-state index in [1.54, 1.807) is 62.4 Å². The van der Waals surface area contributed by atoms with Crippen LogP contribution in [0.15, 0.2) is 90.1 Å². The molecular formula is C28H29N5O5. The summed E-state index contributed by atoms with van der Waals surface area (Å²) in [6.07, 6.45) is 0.253. The topological polar surface area (TPSA) is 138 Å². The molecule has 38 heavy (non-hydrogen) atoms. The van der Waals surface area contributed by atoms with E-state index in [-0.39, 0.29) is 17.9 Å². The second-order valence-electron chi connectivity index (χ2n) is 8.15. The van der Waals surface area contributed by atoms with Crippen LogP contribution in [-0.2, 0) is 14.4 Å². The first-order valence-electron chi connectivity index (χ1n) is 12.0. The molecule has 3 aromatic rings. The van der Waals surface area contributed by atoms with Crippen molar-refractivity contribution in [2.24, 2.45) is 5.16 Å². The highest BCUT2D eigenvalue weighted by Gasteiger charge is 2.22. The largest absolute Gasteiger partial charge is 0.385 e. The average Bonchev–Trinajstić information content (AvgIpc) is 2.95. The van der Waals surface area contributed by atoms with Crippen molar-refractivity contribution in [1.82, 2.24) is 16.2 Å². The van der Waals surface area contributed by atoms with Crippen LogP contribution in [0.1, 0.15) is 46.5 Å². The Labute approximate surface area is 220 Å². The molecule has 0 radical (unpaired) electrons. The van der Waals surface area contributed by atoms with Gasteiger partial charge in [0.2, 0.25) is 0 Å². The number of rotatable bonds is 10. The number of nitrogens with zero attached hydrogens (tertiary/aromatic N) is 1. The minimum absolute atomic E-state index is 0.187. The lowest BCUT2D eigenvalue weighted by Gasteiger charge is -2.18. The average molecular weight is 516 g/mol. The van der Waals surface area contributed by atoms with Crippen LogP contribution in [0.4, 0.5) is 5.69 Å². The van der Waals surface area contributed by atoms with Crippen LogP contribution in [0.5, 0.6) is 0 Å². The lowest BCUT2D eigenvalue weighted by atomic mass is 10.1. The molecule has 0 fully saturated rings. The van der Waals surface area contributed by atoms with Crippen LogP contribution in [0, 0.1) is 0 Å².